The summed E-state index contributed by atoms with van der Waals surface area (Å²) >= 11 is 10.2. The number of thiol groups is 1. The van der Waals surface area contributed by atoms with Crippen LogP contribution in [0.4, 0.5) is 0 Å². The minimum absolute atomic E-state index is 0. The van der Waals surface area contributed by atoms with E-state index in [4.69, 9.17) is 11.6 Å². The summed E-state index contributed by atoms with van der Waals surface area (Å²) in [5.41, 5.74) is 2.27. The molecule has 0 atom stereocenters. The van der Waals surface area contributed by atoms with Crippen LogP contribution in [0.1, 0.15) is 0 Å². The maximum absolute atomic E-state index is 5.82. The Morgan fingerprint density at radius 2 is 1.47 bits per heavy atom. The molecule has 0 nitrogen and oxygen atoms in total. The van der Waals surface area contributed by atoms with Crippen LogP contribution in [0.15, 0.2) is 53.4 Å². The molecule has 0 saturated carbocycles. The number of rotatable bonds is 1. The molecule has 72 valence electrons. The number of benzene rings is 2. The quantitative estimate of drug-likeness (QED) is 0.575. The van der Waals surface area contributed by atoms with Crippen LogP contribution < -0.4 is 0 Å². The van der Waals surface area contributed by atoms with Gasteiger partial charge in [-0.25, -0.2) is 0 Å². The van der Waals surface area contributed by atoms with E-state index in [0.717, 1.165) is 21.0 Å². The number of hydrogen-bond donors (Lipinski definition) is 1. The Bertz CT molecular complexity index is 440. The van der Waals surface area contributed by atoms with Gasteiger partial charge < -0.3 is 0 Å². The molecule has 0 bridgehead atoms. The van der Waals surface area contributed by atoms with Gasteiger partial charge in [0.05, 0.1) is 0 Å². The predicted octanol–water partition coefficient (Wildman–Crippen LogP) is 3.65. The maximum atomic E-state index is 5.82. The van der Waals surface area contributed by atoms with Gasteiger partial charge in [0.2, 0.25) is 0 Å². The van der Waals surface area contributed by atoms with Crippen LogP contribution in [-0.2, 0) is 0 Å². The van der Waals surface area contributed by atoms with Crippen molar-refractivity contribution in [2.45, 2.75) is 4.90 Å². The molecule has 0 spiro atoms. The zero-order valence-electron chi connectivity index (χ0n) is 7.44. The van der Waals surface area contributed by atoms with E-state index in [1.54, 1.807) is 0 Å². The van der Waals surface area contributed by atoms with Gasteiger partial charge in [-0.05, 0) is 29.3 Å². The van der Waals surface area contributed by atoms with Crippen LogP contribution in [0.3, 0.4) is 0 Å². The molecular weight excluding hydrogens is 235 g/mol. The molecule has 2 rings (SSSR count). The Kier molecular flexibility index (Phi) is 5.24. The average molecular weight is 245 g/mol. The third-order valence-corrected chi connectivity index (χ3v) is 2.70. The van der Waals surface area contributed by atoms with Crippen molar-refractivity contribution >= 4 is 53.8 Å². The Morgan fingerprint density at radius 1 is 0.867 bits per heavy atom. The molecule has 15 heavy (non-hydrogen) atoms. The van der Waals surface area contributed by atoms with E-state index in [9.17, 15) is 0 Å². The van der Waals surface area contributed by atoms with Crippen LogP contribution >= 0.6 is 24.2 Å². The van der Waals surface area contributed by atoms with E-state index in [1.807, 2.05) is 48.5 Å². The second kappa shape index (κ2) is 5.97. The van der Waals surface area contributed by atoms with Crippen LogP contribution in [0.5, 0.6) is 0 Å². The Balaban J connectivity index is 0.00000112. The van der Waals surface area contributed by atoms with E-state index < -0.39 is 0 Å². The van der Waals surface area contributed by atoms with Crippen molar-refractivity contribution in [1.29, 1.82) is 0 Å². The first-order chi connectivity index (χ1) is 6.77. The monoisotopic (exact) mass is 244 g/mol. The zero-order valence-corrected chi connectivity index (χ0v) is 9.09. The number of halogens is 1. The van der Waals surface area contributed by atoms with Gasteiger partial charge in [0.25, 0.3) is 0 Å². The SMILES string of the molecule is Sc1ccccc1-c1ccc(Cl)cc1.[NaH]. The normalized spacial score (nSPS) is 9.47. The van der Waals surface area contributed by atoms with Crippen molar-refractivity contribution in [3.05, 3.63) is 53.6 Å². The molecular formula is C12H10ClNaS. The van der Waals surface area contributed by atoms with Crippen molar-refractivity contribution in [2.24, 2.45) is 0 Å². The van der Waals surface area contributed by atoms with Crippen LogP contribution in [0.25, 0.3) is 11.1 Å². The molecule has 0 aliphatic rings. The van der Waals surface area contributed by atoms with Gasteiger partial charge in [0.15, 0.2) is 0 Å². The Hall–Kier alpha value is 0.0800. The molecule has 0 aliphatic carbocycles. The summed E-state index contributed by atoms with van der Waals surface area (Å²) in [6, 6.07) is 15.8. The third-order valence-electron chi connectivity index (χ3n) is 2.06. The molecule has 0 amide bonds. The second-order valence-corrected chi connectivity index (χ2v) is 3.94. The van der Waals surface area contributed by atoms with Crippen molar-refractivity contribution in [3.8, 4) is 11.1 Å². The first-order valence-corrected chi connectivity index (χ1v) is 5.14. The van der Waals surface area contributed by atoms with E-state index in [-0.39, 0.29) is 29.6 Å². The fraction of sp³-hybridized carbons (Fsp3) is 0. The summed E-state index contributed by atoms with van der Waals surface area (Å²) in [5, 5.41) is 0.755. The fourth-order valence-electron chi connectivity index (χ4n) is 1.35. The van der Waals surface area contributed by atoms with Gasteiger partial charge in [-0.1, -0.05) is 41.9 Å². The molecule has 0 unspecified atom stereocenters. The topological polar surface area (TPSA) is 0 Å². The van der Waals surface area contributed by atoms with Gasteiger partial charge in [0, 0.05) is 9.92 Å². The fourth-order valence-corrected chi connectivity index (χ4v) is 1.76. The summed E-state index contributed by atoms with van der Waals surface area (Å²) in [6.45, 7) is 0. The molecule has 2 aromatic carbocycles. The summed E-state index contributed by atoms with van der Waals surface area (Å²) in [4.78, 5) is 0.981. The Morgan fingerprint density at radius 3 is 2.07 bits per heavy atom. The zero-order chi connectivity index (χ0) is 9.97. The average Bonchev–Trinajstić information content (AvgIpc) is 2.20. The third kappa shape index (κ3) is 3.27. The molecule has 0 saturated heterocycles. The minimum atomic E-state index is 0. The molecule has 0 aromatic heterocycles. The summed E-state index contributed by atoms with van der Waals surface area (Å²) in [6.07, 6.45) is 0. The first-order valence-electron chi connectivity index (χ1n) is 4.31. The van der Waals surface area contributed by atoms with Gasteiger partial charge in [-0.3, -0.25) is 0 Å². The van der Waals surface area contributed by atoms with Gasteiger partial charge in [0.1, 0.15) is 0 Å². The van der Waals surface area contributed by atoms with Crippen molar-refractivity contribution in [2.75, 3.05) is 0 Å². The van der Waals surface area contributed by atoms with Crippen molar-refractivity contribution in [3.63, 3.8) is 0 Å². The first kappa shape index (κ1) is 13.1. The van der Waals surface area contributed by atoms with E-state index in [1.165, 1.54) is 0 Å². The molecule has 0 fully saturated rings. The Labute approximate surface area is 122 Å². The molecule has 0 N–H and O–H groups in total. The van der Waals surface area contributed by atoms with Crippen LogP contribution in [0, 0.1) is 0 Å². The van der Waals surface area contributed by atoms with Crippen molar-refractivity contribution < 1.29 is 0 Å². The second-order valence-electron chi connectivity index (χ2n) is 3.02. The number of hydrogen-bond acceptors (Lipinski definition) is 1. The van der Waals surface area contributed by atoms with Crippen molar-refractivity contribution in [1.82, 2.24) is 0 Å². The van der Waals surface area contributed by atoms with Gasteiger partial charge in [-0.15, -0.1) is 12.6 Å². The van der Waals surface area contributed by atoms with E-state index >= 15 is 0 Å². The predicted molar refractivity (Wildman–Crippen MR) is 71.3 cm³/mol. The van der Waals surface area contributed by atoms with Gasteiger partial charge in [-0.2, -0.15) is 0 Å². The van der Waals surface area contributed by atoms with E-state index in [0.29, 0.717) is 0 Å². The van der Waals surface area contributed by atoms with Gasteiger partial charge >= 0.3 is 29.6 Å². The van der Waals surface area contributed by atoms with Crippen LogP contribution in [-0.4, -0.2) is 29.6 Å². The summed E-state index contributed by atoms with van der Waals surface area (Å²) in [5.74, 6) is 0. The molecule has 3 heteroatoms. The van der Waals surface area contributed by atoms with Crippen LogP contribution in [0.2, 0.25) is 5.02 Å². The molecule has 0 aliphatic heterocycles. The summed E-state index contributed by atoms with van der Waals surface area (Å²) in [7, 11) is 0. The molecule has 2 aromatic rings. The standard InChI is InChI=1S/C12H9ClS.Na.H/c13-10-7-5-9(6-8-10)11-3-1-2-4-12(11)14;;/h1-8,14H;;. The molecule has 0 heterocycles. The molecule has 0 radical (unpaired) electrons. The van der Waals surface area contributed by atoms with E-state index in [2.05, 4.69) is 12.6 Å². The summed E-state index contributed by atoms with van der Waals surface area (Å²) < 4.78 is 0.